The molecule has 0 aromatic rings. The molecule has 0 radical (unpaired) electrons. The second-order valence-electron chi connectivity index (χ2n) is 8.52. The van der Waals surface area contributed by atoms with Gasteiger partial charge >= 0.3 is 0 Å². The van der Waals surface area contributed by atoms with Crippen LogP contribution >= 0.6 is 0 Å². The summed E-state index contributed by atoms with van der Waals surface area (Å²) in [6, 6.07) is 0. The van der Waals surface area contributed by atoms with Gasteiger partial charge in [0.2, 0.25) is 11.8 Å². The Morgan fingerprint density at radius 2 is 1.58 bits per heavy atom. The molecule has 2 amide bonds. The van der Waals surface area contributed by atoms with Crippen molar-refractivity contribution in [2.24, 2.45) is 11.8 Å². The number of hydrogen-bond acceptors (Lipinski definition) is 3. The SMILES string of the molecule is CCC(=O)N1CCCC(C(=O)N2CCCN(CC3CCCCC3)CC2)C1. The average Bonchev–Trinajstić information content (AvgIpc) is 2.93. The minimum atomic E-state index is 0.0177. The lowest BCUT2D eigenvalue weighted by Gasteiger charge is -2.34. The van der Waals surface area contributed by atoms with Crippen LogP contribution in [0.1, 0.15) is 64.7 Å². The van der Waals surface area contributed by atoms with Crippen LogP contribution in [0.25, 0.3) is 0 Å². The molecule has 1 aliphatic carbocycles. The van der Waals surface area contributed by atoms with Crippen molar-refractivity contribution in [3.05, 3.63) is 0 Å². The topological polar surface area (TPSA) is 43.9 Å². The van der Waals surface area contributed by atoms with E-state index in [0.717, 1.165) is 57.9 Å². The average molecular weight is 364 g/mol. The molecule has 1 atom stereocenters. The molecule has 5 nitrogen and oxygen atoms in total. The highest BCUT2D eigenvalue weighted by atomic mass is 16.2. The predicted molar refractivity (Wildman–Crippen MR) is 104 cm³/mol. The summed E-state index contributed by atoms with van der Waals surface area (Å²) in [6.07, 6.45) is 10.5. The van der Waals surface area contributed by atoms with Gasteiger partial charge in [-0.3, -0.25) is 9.59 Å². The molecular formula is C21H37N3O2. The van der Waals surface area contributed by atoms with Crippen molar-refractivity contribution in [3.63, 3.8) is 0 Å². The van der Waals surface area contributed by atoms with Crippen molar-refractivity contribution in [3.8, 4) is 0 Å². The number of hydrogen-bond donors (Lipinski definition) is 0. The zero-order valence-electron chi connectivity index (χ0n) is 16.6. The molecule has 0 aromatic heterocycles. The zero-order valence-corrected chi connectivity index (χ0v) is 16.6. The summed E-state index contributed by atoms with van der Waals surface area (Å²) in [5.41, 5.74) is 0. The van der Waals surface area contributed by atoms with Crippen LogP contribution in [0.15, 0.2) is 0 Å². The third kappa shape index (κ3) is 5.21. The molecule has 0 bridgehead atoms. The molecule has 5 heteroatoms. The van der Waals surface area contributed by atoms with E-state index in [-0.39, 0.29) is 17.7 Å². The Hall–Kier alpha value is -1.10. The lowest BCUT2D eigenvalue weighted by Crippen LogP contribution is -2.47. The molecule has 1 unspecified atom stereocenters. The number of amides is 2. The fraction of sp³-hybridized carbons (Fsp3) is 0.905. The molecule has 3 rings (SSSR count). The summed E-state index contributed by atoms with van der Waals surface area (Å²) in [7, 11) is 0. The molecular weight excluding hydrogens is 326 g/mol. The normalized spacial score (nSPS) is 26.6. The molecule has 3 aliphatic rings. The summed E-state index contributed by atoms with van der Waals surface area (Å²) in [6.45, 7) is 8.49. The molecule has 26 heavy (non-hydrogen) atoms. The van der Waals surface area contributed by atoms with Crippen LogP contribution in [-0.4, -0.2) is 72.3 Å². The Kier molecular flexibility index (Phi) is 7.35. The van der Waals surface area contributed by atoms with Gasteiger partial charge in [0.05, 0.1) is 5.92 Å². The maximum absolute atomic E-state index is 13.0. The van der Waals surface area contributed by atoms with E-state index in [2.05, 4.69) is 9.80 Å². The van der Waals surface area contributed by atoms with Crippen LogP contribution in [0, 0.1) is 11.8 Å². The van der Waals surface area contributed by atoms with Gasteiger partial charge in [-0.2, -0.15) is 0 Å². The van der Waals surface area contributed by atoms with E-state index >= 15 is 0 Å². The van der Waals surface area contributed by atoms with Gasteiger partial charge in [-0.1, -0.05) is 26.2 Å². The van der Waals surface area contributed by atoms with Crippen molar-refractivity contribution in [2.75, 3.05) is 45.8 Å². The van der Waals surface area contributed by atoms with Crippen LogP contribution in [0.3, 0.4) is 0 Å². The summed E-state index contributed by atoms with van der Waals surface area (Å²) in [4.78, 5) is 31.6. The Bertz CT molecular complexity index is 476. The van der Waals surface area contributed by atoms with Gasteiger partial charge in [0.25, 0.3) is 0 Å². The molecule has 2 heterocycles. The van der Waals surface area contributed by atoms with Crippen molar-refractivity contribution in [1.29, 1.82) is 0 Å². The molecule has 3 fully saturated rings. The number of carbonyl (C=O) groups excluding carboxylic acids is 2. The quantitative estimate of drug-likeness (QED) is 0.771. The second-order valence-corrected chi connectivity index (χ2v) is 8.52. The van der Waals surface area contributed by atoms with Gasteiger partial charge in [-0.15, -0.1) is 0 Å². The van der Waals surface area contributed by atoms with Gasteiger partial charge in [0.1, 0.15) is 0 Å². The summed E-state index contributed by atoms with van der Waals surface area (Å²) < 4.78 is 0. The van der Waals surface area contributed by atoms with Crippen LogP contribution in [0.2, 0.25) is 0 Å². The highest BCUT2D eigenvalue weighted by Crippen LogP contribution is 2.25. The third-order valence-electron chi connectivity index (χ3n) is 6.57. The molecule has 2 aliphatic heterocycles. The van der Waals surface area contributed by atoms with E-state index in [4.69, 9.17) is 0 Å². The molecule has 1 saturated carbocycles. The van der Waals surface area contributed by atoms with E-state index in [1.54, 1.807) is 0 Å². The predicted octanol–water partition coefficient (Wildman–Crippen LogP) is 2.75. The minimum Gasteiger partial charge on any atom is -0.342 e. The standard InChI is InChI=1S/C21H37N3O2/c1-2-20(25)24-12-6-10-19(17-24)21(26)23-13-7-11-22(14-15-23)16-18-8-4-3-5-9-18/h18-19H,2-17H2,1H3. The third-order valence-corrected chi connectivity index (χ3v) is 6.57. The highest BCUT2D eigenvalue weighted by molar-refractivity contribution is 5.81. The number of nitrogens with zero attached hydrogens (tertiary/aromatic N) is 3. The Labute approximate surface area is 159 Å². The Morgan fingerprint density at radius 3 is 2.35 bits per heavy atom. The first-order chi connectivity index (χ1) is 12.7. The molecule has 0 spiro atoms. The molecule has 0 aromatic carbocycles. The minimum absolute atomic E-state index is 0.0177. The molecule has 2 saturated heterocycles. The maximum atomic E-state index is 13.0. The Balaban J connectivity index is 1.48. The lowest BCUT2D eigenvalue weighted by molar-refractivity contribution is -0.140. The zero-order chi connectivity index (χ0) is 18.4. The Morgan fingerprint density at radius 1 is 0.808 bits per heavy atom. The van der Waals surface area contributed by atoms with Crippen LogP contribution < -0.4 is 0 Å². The fourth-order valence-electron chi connectivity index (χ4n) is 5.00. The largest absolute Gasteiger partial charge is 0.342 e. The van der Waals surface area contributed by atoms with E-state index in [1.807, 2.05) is 11.8 Å². The van der Waals surface area contributed by atoms with Crippen LogP contribution in [-0.2, 0) is 9.59 Å². The maximum Gasteiger partial charge on any atom is 0.227 e. The highest BCUT2D eigenvalue weighted by Gasteiger charge is 2.31. The van der Waals surface area contributed by atoms with Gasteiger partial charge in [-0.05, 0) is 44.6 Å². The molecule has 0 N–H and O–H groups in total. The van der Waals surface area contributed by atoms with Gasteiger partial charge in [0, 0.05) is 45.7 Å². The van der Waals surface area contributed by atoms with E-state index in [0.29, 0.717) is 13.0 Å². The summed E-state index contributed by atoms with van der Waals surface area (Å²) in [5, 5.41) is 0. The first-order valence-corrected chi connectivity index (χ1v) is 11.0. The van der Waals surface area contributed by atoms with Crippen molar-refractivity contribution in [2.45, 2.75) is 64.7 Å². The summed E-state index contributed by atoms with van der Waals surface area (Å²) >= 11 is 0. The number of carbonyl (C=O) groups is 2. The second kappa shape index (κ2) is 9.72. The first-order valence-electron chi connectivity index (χ1n) is 11.0. The number of likely N-dealkylation sites (tertiary alicyclic amines) is 1. The number of rotatable bonds is 4. The van der Waals surface area contributed by atoms with Crippen LogP contribution in [0.5, 0.6) is 0 Å². The van der Waals surface area contributed by atoms with E-state index < -0.39 is 0 Å². The summed E-state index contributed by atoms with van der Waals surface area (Å²) in [5.74, 6) is 1.37. The van der Waals surface area contributed by atoms with E-state index in [1.165, 1.54) is 38.6 Å². The number of piperidine rings is 1. The fourth-order valence-corrected chi connectivity index (χ4v) is 5.00. The van der Waals surface area contributed by atoms with Gasteiger partial charge < -0.3 is 14.7 Å². The van der Waals surface area contributed by atoms with Crippen LogP contribution in [0.4, 0.5) is 0 Å². The van der Waals surface area contributed by atoms with E-state index in [9.17, 15) is 9.59 Å². The van der Waals surface area contributed by atoms with Gasteiger partial charge in [-0.25, -0.2) is 0 Å². The van der Waals surface area contributed by atoms with Crippen molar-refractivity contribution < 1.29 is 9.59 Å². The van der Waals surface area contributed by atoms with Gasteiger partial charge in [0.15, 0.2) is 0 Å². The first kappa shape index (κ1) is 19.7. The smallest absolute Gasteiger partial charge is 0.227 e. The van der Waals surface area contributed by atoms with Crippen molar-refractivity contribution in [1.82, 2.24) is 14.7 Å². The molecule has 148 valence electrons. The lowest BCUT2D eigenvalue weighted by atomic mass is 9.89. The van der Waals surface area contributed by atoms with Crippen molar-refractivity contribution >= 4 is 11.8 Å². The monoisotopic (exact) mass is 363 g/mol.